The van der Waals surface area contributed by atoms with Crippen LogP contribution in [-0.2, 0) is 5.41 Å². The minimum absolute atomic E-state index is 0.138. The summed E-state index contributed by atoms with van der Waals surface area (Å²) >= 11 is 6.82. The summed E-state index contributed by atoms with van der Waals surface area (Å²) in [7, 11) is 0. The molecule has 2 aromatic carbocycles. The van der Waals surface area contributed by atoms with Crippen LogP contribution in [0.1, 0.15) is 46.5 Å². The highest BCUT2D eigenvalue weighted by Crippen LogP contribution is 2.79. The number of fused-ring (bicyclic) bond motifs is 3. The Bertz CT molecular complexity index is 700. The summed E-state index contributed by atoms with van der Waals surface area (Å²) < 4.78 is 0. The smallest absolute Gasteiger partial charge is 0.0654 e. The standard InChI is InChI=1S/C19H19Cl/c1-12-4-7-14(8-5-12)19-11-18(19,3)17(20)15-10-13(2)6-9-16(15)19/h4-10,17H,11H2,1-3H3/t17-,18-,19-/m1/s1. The minimum Gasteiger partial charge on any atom is -0.117 e. The second kappa shape index (κ2) is 3.68. The number of hydrogen-bond acceptors (Lipinski definition) is 0. The van der Waals surface area contributed by atoms with Crippen molar-refractivity contribution in [2.75, 3.05) is 0 Å². The summed E-state index contributed by atoms with van der Waals surface area (Å²) in [4.78, 5) is 0. The van der Waals surface area contributed by atoms with Crippen LogP contribution >= 0.6 is 11.6 Å². The van der Waals surface area contributed by atoms with Crippen LogP contribution in [0.2, 0.25) is 0 Å². The first-order valence-corrected chi connectivity index (χ1v) is 7.75. The van der Waals surface area contributed by atoms with Gasteiger partial charge in [-0.1, -0.05) is 60.5 Å². The molecule has 1 saturated carbocycles. The van der Waals surface area contributed by atoms with Crippen molar-refractivity contribution < 1.29 is 0 Å². The minimum atomic E-state index is 0.138. The molecule has 4 rings (SSSR count). The summed E-state index contributed by atoms with van der Waals surface area (Å²) in [6, 6.07) is 15.8. The van der Waals surface area contributed by atoms with Crippen molar-refractivity contribution in [2.45, 2.75) is 38.0 Å². The molecule has 0 saturated heterocycles. The highest BCUT2D eigenvalue weighted by atomic mass is 35.5. The second-order valence-corrected chi connectivity index (χ2v) is 7.26. The molecule has 0 bridgehead atoms. The molecule has 0 aromatic heterocycles. The van der Waals surface area contributed by atoms with Crippen LogP contribution in [0.15, 0.2) is 42.5 Å². The Labute approximate surface area is 125 Å². The number of benzene rings is 2. The predicted octanol–water partition coefficient (Wildman–Crippen LogP) is 5.29. The Kier molecular flexibility index (Phi) is 2.29. The lowest BCUT2D eigenvalue weighted by molar-refractivity contribution is 0.517. The van der Waals surface area contributed by atoms with E-state index >= 15 is 0 Å². The first kappa shape index (κ1) is 12.5. The highest BCUT2D eigenvalue weighted by Gasteiger charge is 2.73. The largest absolute Gasteiger partial charge is 0.117 e. The predicted molar refractivity (Wildman–Crippen MR) is 84.5 cm³/mol. The number of rotatable bonds is 1. The molecular formula is C19H19Cl. The summed E-state index contributed by atoms with van der Waals surface area (Å²) in [5.74, 6) is 0. The molecule has 1 heteroatoms. The first-order valence-electron chi connectivity index (χ1n) is 7.31. The Morgan fingerprint density at radius 2 is 1.65 bits per heavy atom. The van der Waals surface area contributed by atoms with Gasteiger partial charge in [0.2, 0.25) is 0 Å². The molecule has 0 spiro atoms. The average molecular weight is 283 g/mol. The van der Waals surface area contributed by atoms with Crippen molar-refractivity contribution in [1.82, 2.24) is 0 Å². The molecule has 1 fully saturated rings. The van der Waals surface area contributed by atoms with E-state index < -0.39 is 0 Å². The quantitative estimate of drug-likeness (QED) is 0.623. The van der Waals surface area contributed by atoms with Gasteiger partial charge in [-0.2, -0.15) is 0 Å². The Hall–Kier alpha value is -1.27. The van der Waals surface area contributed by atoms with Crippen molar-refractivity contribution in [3.8, 4) is 0 Å². The van der Waals surface area contributed by atoms with E-state index in [2.05, 4.69) is 63.2 Å². The van der Waals surface area contributed by atoms with Crippen LogP contribution in [0.3, 0.4) is 0 Å². The van der Waals surface area contributed by atoms with E-state index in [0.717, 1.165) is 0 Å². The molecule has 3 atom stereocenters. The van der Waals surface area contributed by atoms with Crippen LogP contribution < -0.4 is 0 Å². The number of hydrogen-bond donors (Lipinski definition) is 0. The third-order valence-electron chi connectivity index (χ3n) is 5.53. The molecule has 0 nitrogen and oxygen atoms in total. The van der Waals surface area contributed by atoms with Gasteiger partial charge in [0.1, 0.15) is 0 Å². The molecule has 2 aliphatic rings. The van der Waals surface area contributed by atoms with E-state index in [9.17, 15) is 0 Å². The number of halogens is 1. The lowest BCUT2D eigenvalue weighted by Gasteiger charge is -2.18. The Morgan fingerprint density at radius 3 is 2.35 bits per heavy atom. The van der Waals surface area contributed by atoms with Gasteiger partial charge in [-0.25, -0.2) is 0 Å². The van der Waals surface area contributed by atoms with Gasteiger partial charge in [0.15, 0.2) is 0 Å². The number of aryl methyl sites for hydroxylation is 2. The van der Waals surface area contributed by atoms with Crippen molar-refractivity contribution >= 4 is 11.6 Å². The van der Waals surface area contributed by atoms with Gasteiger partial charge in [0.05, 0.1) is 5.38 Å². The van der Waals surface area contributed by atoms with Gasteiger partial charge >= 0.3 is 0 Å². The van der Waals surface area contributed by atoms with Gasteiger partial charge in [-0.05, 0) is 37.0 Å². The molecule has 102 valence electrons. The molecule has 0 aliphatic heterocycles. The molecule has 0 amide bonds. The topological polar surface area (TPSA) is 0 Å². The molecular weight excluding hydrogens is 264 g/mol. The van der Waals surface area contributed by atoms with Crippen LogP contribution in [0, 0.1) is 19.3 Å². The Morgan fingerprint density at radius 1 is 1.00 bits per heavy atom. The average Bonchev–Trinajstić information content (AvgIpc) is 3.02. The van der Waals surface area contributed by atoms with E-state index in [1.165, 1.54) is 34.2 Å². The maximum absolute atomic E-state index is 6.82. The molecule has 0 radical (unpaired) electrons. The molecule has 2 aromatic rings. The fourth-order valence-electron chi connectivity index (χ4n) is 4.26. The van der Waals surface area contributed by atoms with Gasteiger partial charge < -0.3 is 0 Å². The fraction of sp³-hybridized carbons (Fsp3) is 0.368. The monoisotopic (exact) mass is 282 g/mol. The van der Waals surface area contributed by atoms with Crippen LogP contribution in [0.25, 0.3) is 0 Å². The summed E-state index contributed by atoms with van der Waals surface area (Å²) in [5.41, 5.74) is 7.18. The lowest BCUT2D eigenvalue weighted by Crippen LogP contribution is -2.13. The van der Waals surface area contributed by atoms with Gasteiger partial charge in [-0.3, -0.25) is 0 Å². The van der Waals surface area contributed by atoms with Crippen LogP contribution in [-0.4, -0.2) is 0 Å². The van der Waals surface area contributed by atoms with Crippen molar-refractivity contribution in [3.63, 3.8) is 0 Å². The van der Waals surface area contributed by atoms with Crippen LogP contribution in [0.5, 0.6) is 0 Å². The Balaban J connectivity index is 1.95. The van der Waals surface area contributed by atoms with Gasteiger partial charge in [-0.15, -0.1) is 11.6 Å². The third-order valence-corrected chi connectivity index (χ3v) is 6.24. The summed E-state index contributed by atoms with van der Waals surface area (Å²) in [5, 5.41) is 0.138. The van der Waals surface area contributed by atoms with Crippen molar-refractivity contribution in [3.05, 3.63) is 70.3 Å². The molecule has 2 aliphatic carbocycles. The molecule has 20 heavy (non-hydrogen) atoms. The number of alkyl halides is 1. The van der Waals surface area contributed by atoms with Crippen molar-refractivity contribution in [2.24, 2.45) is 5.41 Å². The normalized spacial score (nSPS) is 33.7. The molecule has 0 heterocycles. The maximum atomic E-state index is 6.82. The zero-order valence-electron chi connectivity index (χ0n) is 12.2. The summed E-state index contributed by atoms with van der Waals surface area (Å²) in [6.45, 7) is 6.64. The molecule has 0 N–H and O–H groups in total. The van der Waals surface area contributed by atoms with Gasteiger partial charge in [0.25, 0.3) is 0 Å². The van der Waals surface area contributed by atoms with E-state index in [4.69, 9.17) is 11.6 Å². The highest BCUT2D eigenvalue weighted by molar-refractivity contribution is 6.22. The van der Waals surface area contributed by atoms with E-state index in [0.29, 0.717) is 0 Å². The molecule has 0 unspecified atom stereocenters. The second-order valence-electron chi connectivity index (χ2n) is 6.82. The zero-order chi connectivity index (χ0) is 14.1. The maximum Gasteiger partial charge on any atom is 0.0654 e. The van der Waals surface area contributed by atoms with E-state index in [-0.39, 0.29) is 16.2 Å². The van der Waals surface area contributed by atoms with Gasteiger partial charge in [0, 0.05) is 10.8 Å². The van der Waals surface area contributed by atoms with Crippen molar-refractivity contribution in [1.29, 1.82) is 0 Å². The third kappa shape index (κ3) is 1.29. The van der Waals surface area contributed by atoms with E-state index in [1.807, 2.05) is 0 Å². The SMILES string of the molecule is Cc1ccc([C@@]23C[C@]2(C)[C@H](Cl)c2cc(C)ccc23)cc1. The summed E-state index contributed by atoms with van der Waals surface area (Å²) in [6.07, 6.45) is 1.17. The fourth-order valence-corrected chi connectivity index (χ4v) is 4.71. The van der Waals surface area contributed by atoms with E-state index in [1.54, 1.807) is 0 Å². The lowest BCUT2D eigenvalue weighted by atomic mass is 9.85. The van der Waals surface area contributed by atoms with Crippen LogP contribution in [0.4, 0.5) is 0 Å². The first-order chi connectivity index (χ1) is 9.49. The zero-order valence-corrected chi connectivity index (χ0v) is 13.0.